The third-order valence-corrected chi connectivity index (χ3v) is 23.8. The Labute approximate surface area is 191 Å². The fraction of sp³-hybridized carbons (Fsp3) is 0.480. The van der Waals surface area contributed by atoms with Gasteiger partial charge in [-0.05, 0) is 0 Å². The Kier molecular flexibility index (Phi) is 8.62. The summed E-state index contributed by atoms with van der Waals surface area (Å²) < 4.78 is 32.1. The number of hydrogen-bond donors (Lipinski definition) is 1. The normalized spacial score (nSPS) is 12.5. The molecule has 1 aromatic carbocycles. The number of unbranched alkanes of at least 4 members (excludes halogenated alkanes) is 3. The van der Waals surface area contributed by atoms with Crippen molar-refractivity contribution < 1.29 is 8.42 Å². The second-order valence-corrected chi connectivity index (χ2v) is 23.6. The molecule has 2 heterocycles. The van der Waals surface area contributed by atoms with Crippen molar-refractivity contribution in [2.24, 2.45) is 0 Å². The van der Waals surface area contributed by atoms with Gasteiger partial charge in [-0.15, -0.1) is 0 Å². The Balaban J connectivity index is 2.17. The summed E-state index contributed by atoms with van der Waals surface area (Å²) in [6.07, 6.45) is 11.3. The zero-order valence-electron chi connectivity index (χ0n) is 19.2. The van der Waals surface area contributed by atoms with Crippen LogP contribution in [0.15, 0.2) is 58.7 Å². The number of nitrogens with zero attached hydrogens (tertiary/aromatic N) is 1. The quantitative estimate of drug-likeness (QED) is 0.265. The topological polar surface area (TPSA) is 62.8 Å². The van der Waals surface area contributed by atoms with Crippen molar-refractivity contribution >= 4 is 42.7 Å². The molecule has 0 atom stereocenters. The monoisotopic (exact) mass is 548 g/mol. The molecule has 0 aliphatic carbocycles. The van der Waals surface area contributed by atoms with Crippen LogP contribution < -0.4 is 3.58 Å². The van der Waals surface area contributed by atoms with Crippen molar-refractivity contribution in [3.05, 3.63) is 48.8 Å². The predicted octanol–water partition coefficient (Wildman–Crippen LogP) is 6.45. The molecule has 31 heavy (non-hydrogen) atoms. The number of hydrogen-bond acceptors (Lipinski definition) is 3. The Hall–Kier alpha value is -1.34. The van der Waals surface area contributed by atoms with Crippen LogP contribution in [0.2, 0.25) is 13.3 Å². The van der Waals surface area contributed by atoms with Crippen LogP contribution in [0.25, 0.3) is 10.9 Å². The molecule has 1 N–H and O–H groups in total. The molecule has 0 amide bonds. The first-order valence-corrected chi connectivity index (χ1v) is 20.7. The van der Waals surface area contributed by atoms with E-state index in [1.165, 1.54) is 55.4 Å². The summed E-state index contributed by atoms with van der Waals surface area (Å²) in [5.74, 6) is 0. The van der Waals surface area contributed by atoms with Crippen LogP contribution in [0.5, 0.6) is 0 Å². The Morgan fingerprint density at radius 1 is 0.871 bits per heavy atom. The SMILES string of the molecule is CCC[CH2][Sn]([CH2]CCC)([CH2]CCC)[c]1cnc(S(=O)(=O)c2ccccc2)c2[nH]ccc12. The molecule has 0 saturated heterocycles. The molecule has 0 radical (unpaired) electrons. The van der Waals surface area contributed by atoms with Crippen molar-refractivity contribution in [3.63, 3.8) is 0 Å². The third-order valence-electron chi connectivity index (χ3n) is 6.47. The van der Waals surface area contributed by atoms with Crippen molar-refractivity contribution in [1.82, 2.24) is 9.97 Å². The summed E-state index contributed by atoms with van der Waals surface area (Å²) in [5.41, 5.74) is 0.687. The second-order valence-electron chi connectivity index (χ2n) is 8.65. The Bertz CT molecular complexity index is 1060. The maximum atomic E-state index is 13.4. The van der Waals surface area contributed by atoms with Crippen LogP contribution in [0.1, 0.15) is 59.3 Å². The van der Waals surface area contributed by atoms with Gasteiger partial charge in [0.2, 0.25) is 0 Å². The molecular weight excluding hydrogens is 511 g/mol. The van der Waals surface area contributed by atoms with Crippen LogP contribution in [0.3, 0.4) is 0 Å². The van der Waals surface area contributed by atoms with Crippen molar-refractivity contribution in [2.75, 3.05) is 0 Å². The van der Waals surface area contributed by atoms with E-state index >= 15 is 0 Å². The molecular formula is C25H36N2O2SSn. The average Bonchev–Trinajstić information content (AvgIpc) is 3.29. The number of sulfone groups is 1. The van der Waals surface area contributed by atoms with Gasteiger partial charge in [0.15, 0.2) is 0 Å². The van der Waals surface area contributed by atoms with Gasteiger partial charge in [0.25, 0.3) is 0 Å². The second kappa shape index (κ2) is 11.0. The summed E-state index contributed by atoms with van der Waals surface area (Å²) in [7, 11) is -3.67. The number of pyridine rings is 1. The fourth-order valence-corrected chi connectivity index (χ4v) is 22.5. The van der Waals surface area contributed by atoms with Gasteiger partial charge >= 0.3 is 192 Å². The number of aromatic nitrogens is 2. The van der Waals surface area contributed by atoms with Gasteiger partial charge in [0, 0.05) is 0 Å². The van der Waals surface area contributed by atoms with Crippen LogP contribution in [0.4, 0.5) is 0 Å². The van der Waals surface area contributed by atoms with E-state index in [1.54, 1.807) is 24.3 Å². The van der Waals surface area contributed by atoms with Gasteiger partial charge in [0.1, 0.15) is 0 Å². The zero-order chi connectivity index (χ0) is 22.3. The molecule has 4 nitrogen and oxygen atoms in total. The Morgan fingerprint density at radius 3 is 2.00 bits per heavy atom. The van der Waals surface area contributed by atoms with E-state index in [0.717, 1.165) is 5.39 Å². The maximum absolute atomic E-state index is 13.4. The first kappa shape index (κ1) is 24.3. The fourth-order valence-electron chi connectivity index (χ4n) is 4.69. The molecule has 168 valence electrons. The first-order chi connectivity index (χ1) is 15.0. The van der Waals surface area contributed by atoms with Gasteiger partial charge in [-0.25, -0.2) is 0 Å². The zero-order valence-corrected chi connectivity index (χ0v) is 22.8. The molecule has 0 bridgehead atoms. The number of fused-ring (bicyclic) bond motifs is 1. The molecule has 3 rings (SSSR count). The molecule has 0 aliphatic rings. The molecule has 0 unspecified atom stereocenters. The van der Waals surface area contributed by atoms with Crippen molar-refractivity contribution in [3.8, 4) is 0 Å². The average molecular weight is 547 g/mol. The van der Waals surface area contributed by atoms with E-state index in [-0.39, 0.29) is 5.03 Å². The molecule has 0 spiro atoms. The van der Waals surface area contributed by atoms with Crippen LogP contribution in [-0.4, -0.2) is 36.8 Å². The summed E-state index contributed by atoms with van der Waals surface area (Å²) in [5, 5.41) is 1.26. The molecule has 0 fully saturated rings. The predicted molar refractivity (Wildman–Crippen MR) is 133 cm³/mol. The third kappa shape index (κ3) is 5.19. The first-order valence-electron chi connectivity index (χ1n) is 11.8. The summed E-state index contributed by atoms with van der Waals surface area (Å²) >= 11 is -2.75. The van der Waals surface area contributed by atoms with Crippen molar-refractivity contribution in [1.29, 1.82) is 0 Å². The molecule has 3 aromatic rings. The molecule has 0 saturated carbocycles. The summed E-state index contributed by atoms with van der Waals surface area (Å²) in [4.78, 5) is 8.18. The van der Waals surface area contributed by atoms with E-state index in [4.69, 9.17) is 0 Å². The number of H-pyrrole nitrogens is 1. The van der Waals surface area contributed by atoms with E-state index < -0.39 is 28.2 Å². The van der Waals surface area contributed by atoms with Crippen LogP contribution in [0, 0.1) is 0 Å². The van der Waals surface area contributed by atoms with Gasteiger partial charge in [-0.3, -0.25) is 0 Å². The van der Waals surface area contributed by atoms with E-state index in [0.29, 0.717) is 10.4 Å². The van der Waals surface area contributed by atoms with Crippen molar-refractivity contribution in [2.45, 2.75) is 82.5 Å². The van der Waals surface area contributed by atoms with Gasteiger partial charge < -0.3 is 0 Å². The van der Waals surface area contributed by atoms with Gasteiger partial charge in [0.05, 0.1) is 0 Å². The van der Waals surface area contributed by atoms with E-state index in [2.05, 4.69) is 36.8 Å². The number of aromatic amines is 1. The molecule has 6 heteroatoms. The number of nitrogens with one attached hydrogen (secondary N) is 1. The summed E-state index contributed by atoms with van der Waals surface area (Å²) in [6.45, 7) is 6.82. The van der Waals surface area contributed by atoms with Crippen LogP contribution in [-0.2, 0) is 9.84 Å². The van der Waals surface area contributed by atoms with E-state index in [9.17, 15) is 8.42 Å². The van der Waals surface area contributed by atoms with Crippen LogP contribution >= 0.6 is 0 Å². The van der Waals surface area contributed by atoms with Gasteiger partial charge in [-0.2, -0.15) is 0 Å². The number of benzene rings is 1. The summed E-state index contributed by atoms with van der Waals surface area (Å²) in [6, 6.07) is 10.7. The standard InChI is InChI=1S/C13H9N2O2S.3C4H9.Sn/c16-18(17,11-4-2-1-3-5-11)13-12-10(6-8-14-12)7-9-15-13;3*1-3-4-2;/h1-6,8-9,14H;3*1,3-4H2,2H3;. The van der Waals surface area contributed by atoms with E-state index in [1.807, 2.05) is 18.5 Å². The molecule has 2 aromatic heterocycles. The molecule has 0 aliphatic heterocycles. The number of rotatable bonds is 12. The Morgan fingerprint density at radius 2 is 1.45 bits per heavy atom. The van der Waals surface area contributed by atoms with Gasteiger partial charge in [-0.1, -0.05) is 0 Å². The minimum atomic E-state index is -3.67. The minimum absolute atomic E-state index is 0.157.